The predicted octanol–water partition coefficient (Wildman–Crippen LogP) is 2.68. The van der Waals surface area contributed by atoms with Gasteiger partial charge in [-0.3, -0.25) is 9.69 Å². The van der Waals surface area contributed by atoms with Gasteiger partial charge in [-0.15, -0.1) is 0 Å². The predicted molar refractivity (Wildman–Crippen MR) is 93.1 cm³/mol. The van der Waals surface area contributed by atoms with Gasteiger partial charge in [-0.2, -0.15) is 0 Å². The third-order valence-corrected chi connectivity index (χ3v) is 5.28. The quantitative estimate of drug-likeness (QED) is 0.783. The number of carbonyl (C=O) groups is 2. The Hall–Kier alpha value is -1.82. The van der Waals surface area contributed by atoms with Crippen LogP contribution in [0.1, 0.15) is 54.8 Å². The molecule has 1 aromatic rings. The van der Waals surface area contributed by atoms with Gasteiger partial charge in [0.2, 0.25) is 11.7 Å². The number of piperidine rings is 1. The zero-order valence-electron chi connectivity index (χ0n) is 15.0. The summed E-state index contributed by atoms with van der Waals surface area (Å²) in [5.41, 5.74) is 0. The summed E-state index contributed by atoms with van der Waals surface area (Å²) in [7, 11) is 1.34. The summed E-state index contributed by atoms with van der Waals surface area (Å²) >= 11 is 0. The zero-order chi connectivity index (χ0) is 17.6. The summed E-state index contributed by atoms with van der Waals surface area (Å²) in [5, 5.41) is 0. The number of ether oxygens (including phenoxy) is 1. The molecular formula is C19H28N2O4. The SMILES string of the molecule is COC(=O)c1ccc(CN2CCC(C(=O)N3CCCCCC3)CC2)o1. The number of amides is 1. The van der Waals surface area contributed by atoms with E-state index in [4.69, 9.17) is 4.42 Å². The molecule has 6 nitrogen and oxygen atoms in total. The van der Waals surface area contributed by atoms with Crippen molar-refractivity contribution < 1.29 is 18.7 Å². The number of nitrogens with zero attached hydrogens (tertiary/aromatic N) is 2. The smallest absolute Gasteiger partial charge is 0.373 e. The Labute approximate surface area is 149 Å². The Bertz CT molecular complexity index is 582. The van der Waals surface area contributed by atoms with Crippen LogP contribution >= 0.6 is 0 Å². The topological polar surface area (TPSA) is 63.0 Å². The maximum absolute atomic E-state index is 12.7. The minimum atomic E-state index is -0.451. The molecule has 2 aliphatic heterocycles. The highest BCUT2D eigenvalue weighted by atomic mass is 16.5. The first-order valence-corrected chi connectivity index (χ1v) is 9.35. The van der Waals surface area contributed by atoms with Crippen LogP contribution < -0.4 is 0 Å². The Morgan fingerprint density at radius 2 is 1.76 bits per heavy atom. The van der Waals surface area contributed by atoms with Crippen LogP contribution in [0.2, 0.25) is 0 Å². The van der Waals surface area contributed by atoms with Gasteiger partial charge in [0.15, 0.2) is 0 Å². The van der Waals surface area contributed by atoms with E-state index in [1.807, 2.05) is 6.07 Å². The van der Waals surface area contributed by atoms with Crippen LogP contribution in [0.25, 0.3) is 0 Å². The second-order valence-corrected chi connectivity index (χ2v) is 7.05. The van der Waals surface area contributed by atoms with Gasteiger partial charge >= 0.3 is 5.97 Å². The minimum absolute atomic E-state index is 0.164. The number of hydrogen-bond donors (Lipinski definition) is 0. The van der Waals surface area contributed by atoms with Crippen molar-refractivity contribution in [2.75, 3.05) is 33.3 Å². The van der Waals surface area contributed by atoms with Crippen LogP contribution in [0.5, 0.6) is 0 Å². The summed E-state index contributed by atoms with van der Waals surface area (Å²) in [6.45, 7) is 4.31. The maximum atomic E-state index is 12.7. The fourth-order valence-corrected chi connectivity index (χ4v) is 3.78. The highest BCUT2D eigenvalue weighted by Crippen LogP contribution is 2.23. The summed E-state index contributed by atoms with van der Waals surface area (Å²) in [4.78, 5) is 28.5. The molecule has 2 saturated heterocycles. The second kappa shape index (κ2) is 8.52. The molecule has 3 heterocycles. The number of hydrogen-bond acceptors (Lipinski definition) is 5. The molecule has 2 fully saturated rings. The summed E-state index contributed by atoms with van der Waals surface area (Å²) in [6, 6.07) is 3.47. The fraction of sp³-hybridized carbons (Fsp3) is 0.684. The molecule has 3 rings (SSSR count). The van der Waals surface area contributed by atoms with E-state index in [-0.39, 0.29) is 11.7 Å². The highest BCUT2D eigenvalue weighted by Gasteiger charge is 2.29. The van der Waals surface area contributed by atoms with Gasteiger partial charge in [0.25, 0.3) is 0 Å². The van der Waals surface area contributed by atoms with E-state index in [2.05, 4.69) is 14.5 Å². The van der Waals surface area contributed by atoms with Crippen LogP contribution in [0.3, 0.4) is 0 Å². The van der Waals surface area contributed by atoms with Crippen molar-refractivity contribution in [1.82, 2.24) is 9.80 Å². The number of esters is 1. The normalized spacial score (nSPS) is 20.3. The number of rotatable bonds is 4. The van der Waals surface area contributed by atoms with Gasteiger partial charge in [-0.1, -0.05) is 12.8 Å². The lowest BCUT2D eigenvalue weighted by Gasteiger charge is -2.33. The first-order valence-electron chi connectivity index (χ1n) is 9.35. The van der Waals surface area contributed by atoms with Crippen molar-refractivity contribution in [2.45, 2.75) is 45.1 Å². The van der Waals surface area contributed by atoms with Crippen molar-refractivity contribution >= 4 is 11.9 Å². The molecule has 138 valence electrons. The standard InChI is InChI=1S/C19H28N2O4/c1-24-19(23)17-7-6-16(25-17)14-20-12-8-15(9-13-20)18(22)21-10-4-2-3-5-11-21/h6-7,15H,2-5,8-14H2,1H3. The lowest BCUT2D eigenvalue weighted by atomic mass is 9.95. The van der Waals surface area contributed by atoms with Crippen LogP contribution in [0.4, 0.5) is 0 Å². The molecule has 1 aromatic heterocycles. The van der Waals surface area contributed by atoms with Crippen molar-refractivity contribution in [3.63, 3.8) is 0 Å². The molecule has 0 spiro atoms. The molecule has 0 N–H and O–H groups in total. The van der Waals surface area contributed by atoms with Gasteiger partial charge in [-0.05, 0) is 50.9 Å². The molecule has 25 heavy (non-hydrogen) atoms. The lowest BCUT2D eigenvalue weighted by molar-refractivity contribution is -0.137. The molecule has 2 aliphatic rings. The monoisotopic (exact) mass is 348 g/mol. The molecule has 0 unspecified atom stereocenters. The number of likely N-dealkylation sites (tertiary alicyclic amines) is 2. The van der Waals surface area contributed by atoms with E-state index >= 15 is 0 Å². The fourth-order valence-electron chi connectivity index (χ4n) is 3.78. The molecule has 0 aromatic carbocycles. The first kappa shape index (κ1) is 18.0. The van der Waals surface area contributed by atoms with E-state index in [0.717, 1.165) is 57.6 Å². The van der Waals surface area contributed by atoms with Crippen molar-refractivity contribution in [3.05, 3.63) is 23.7 Å². The van der Waals surface area contributed by atoms with Crippen LogP contribution in [0, 0.1) is 5.92 Å². The molecule has 0 radical (unpaired) electrons. The highest BCUT2D eigenvalue weighted by molar-refractivity contribution is 5.86. The van der Waals surface area contributed by atoms with E-state index < -0.39 is 5.97 Å². The number of carbonyl (C=O) groups excluding carboxylic acids is 2. The molecule has 0 bridgehead atoms. The third kappa shape index (κ3) is 4.63. The molecular weight excluding hydrogens is 320 g/mol. The summed E-state index contributed by atoms with van der Waals surface area (Å²) in [6.07, 6.45) is 6.59. The van der Waals surface area contributed by atoms with Gasteiger partial charge in [0.05, 0.1) is 13.7 Å². The lowest BCUT2D eigenvalue weighted by Crippen LogP contribution is -2.42. The van der Waals surface area contributed by atoms with Gasteiger partial charge in [0, 0.05) is 19.0 Å². The Morgan fingerprint density at radius 3 is 2.40 bits per heavy atom. The first-order chi connectivity index (χ1) is 12.2. The van der Waals surface area contributed by atoms with Crippen LogP contribution in [-0.4, -0.2) is 55.0 Å². The zero-order valence-corrected chi connectivity index (χ0v) is 15.0. The van der Waals surface area contributed by atoms with Crippen LogP contribution in [0.15, 0.2) is 16.5 Å². The van der Waals surface area contributed by atoms with E-state index in [0.29, 0.717) is 12.5 Å². The van der Waals surface area contributed by atoms with Gasteiger partial charge in [0.1, 0.15) is 5.76 Å². The molecule has 6 heteroatoms. The maximum Gasteiger partial charge on any atom is 0.373 e. The summed E-state index contributed by atoms with van der Waals surface area (Å²) in [5.74, 6) is 1.07. The largest absolute Gasteiger partial charge is 0.463 e. The Balaban J connectivity index is 1.47. The van der Waals surface area contributed by atoms with Crippen molar-refractivity contribution in [1.29, 1.82) is 0 Å². The van der Waals surface area contributed by atoms with E-state index in [1.54, 1.807) is 6.07 Å². The number of furan rings is 1. The van der Waals surface area contributed by atoms with Gasteiger partial charge in [-0.25, -0.2) is 4.79 Å². The molecule has 0 saturated carbocycles. The molecule has 0 atom stereocenters. The molecule has 0 aliphatic carbocycles. The Morgan fingerprint density at radius 1 is 1.08 bits per heavy atom. The summed E-state index contributed by atoms with van der Waals surface area (Å²) < 4.78 is 10.2. The minimum Gasteiger partial charge on any atom is -0.463 e. The third-order valence-electron chi connectivity index (χ3n) is 5.28. The van der Waals surface area contributed by atoms with Crippen LogP contribution in [-0.2, 0) is 16.1 Å². The van der Waals surface area contributed by atoms with E-state index in [1.165, 1.54) is 20.0 Å². The average Bonchev–Trinajstić information content (AvgIpc) is 2.93. The number of methoxy groups -OCH3 is 1. The van der Waals surface area contributed by atoms with Gasteiger partial charge < -0.3 is 14.1 Å². The van der Waals surface area contributed by atoms with Crippen molar-refractivity contribution in [2.24, 2.45) is 5.92 Å². The Kier molecular flexibility index (Phi) is 6.13. The van der Waals surface area contributed by atoms with Crippen molar-refractivity contribution in [3.8, 4) is 0 Å². The molecule has 1 amide bonds. The van der Waals surface area contributed by atoms with E-state index in [9.17, 15) is 9.59 Å². The second-order valence-electron chi connectivity index (χ2n) is 7.05. The average molecular weight is 348 g/mol.